The molecular weight excluding hydrogens is 186 g/mol. The summed E-state index contributed by atoms with van der Waals surface area (Å²) >= 11 is 5.96. The number of nitrogens with two attached hydrogens (primary N) is 1. The van der Waals surface area contributed by atoms with E-state index in [-0.39, 0.29) is 0 Å². The molecule has 1 saturated carbocycles. The predicted molar refractivity (Wildman–Crippen MR) is 53.8 cm³/mol. The van der Waals surface area contributed by atoms with Crippen LogP contribution in [0.15, 0.2) is 0 Å². The Labute approximate surface area is 82.9 Å². The number of anilines is 1. The molecule has 2 rings (SSSR count). The number of rotatable bonds is 1. The molecule has 1 aromatic rings. The van der Waals surface area contributed by atoms with Crippen LogP contribution in [0.3, 0.4) is 0 Å². The van der Waals surface area contributed by atoms with E-state index < -0.39 is 0 Å². The van der Waals surface area contributed by atoms with Crippen LogP contribution in [0.1, 0.15) is 31.5 Å². The zero-order chi connectivity index (χ0) is 9.59. The summed E-state index contributed by atoms with van der Waals surface area (Å²) in [5, 5.41) is 4.95. The highest BCUT2D eigenvalue weighted by molar-refractivity contribution is 6.33. The zero-order valence-electron chi connectivity index (χ0n) is 7.92. The second-order valence-corrected chi connectivity index (χ2v) is 4.23. The van der Waals surface area contributed by atoms with Gasteiger partial charge in [0.2, 0.25) is 0 Å². The van der Waals surface area contributed by atoms with Crippen molar-refractivity contribution in [2.75, 3.05) is 5.73 Å². The van der Waals surface area contributed by atoms with Crippen molar-refractivity contribution < 1.29 is 0 Å². The van der Waals surface area contributed by atoms with Crippen molar-refractivity contribution in [3.63, 3.8) is 0 Å². The average Bonchev–Trinajstić information content (AvgIpc) is 2.32. The average molecular weight is 200 g/mol. The van der Waals surface area contributed by atoms with Crippen molar-refractivity contribution in [3.05, 3.63) is 10.7 Å². The lowest BCUT2D eigenvalue weighted by atomic mass is 9.81. The van der Waals surface area contributed by atoms with Crippen LogP contribution in [0.4, 0.5) is 5.82 Å². The lowest BCUT2D eigenvalue weighted by Crippen LogP contribution is -2.28. The number of hydrogen-bond acceptors (Lipinski definition) is 2. The van der Waals surface area contributed by atoms with E-state index in [4.69, 9.17) is 17.3 Å². The van der Waals surface area contributed by atoms with Crippen LogP contribution in [-0.2, 0) is 0 Å². The summed E-state index contributed by atoms with van der Waals surface area (Å²) in [6, 6.07) is 0.464. The number of nitrogens with zero attached hydrogens (tertiary/aromatic N) is 2. The highest BCUT2D eigenvalue weighted by Gasteiger charge is 2.31. The SMILES string of the molecule is Cc1nn(C2CCC2C)c(N)c1Cl. The van der Waals surface area contributed by atoms with Gasteiger partial charge in [-0.2, -0.15) is 5.10 Å². The number of hydrogen-bond donors (Lipinski definition) is 1. The minimum absolute atomic E-state index is 0.464. The van der Waals surface area contributed by atoms with E-state index >= 15 is 0 Å². The fraction of sp³-hybridized carbons (Fsp3) is 0.667. The Morgan fingerprint density at radius 3 is 2.54 bits per heavy atom. The van der Waals surface area contributed by atoms with Crippen LogP contribution in [0.5, 0.6) is 0 Å². The molecule has 1 aliphatic carbocycles. The summed E-state index contributed by atoms with van der Waals surface area (Å²) < 4.78 is 1.88. The molecule has 0 spiro atoms. The second kappa shape index (κ2) is 2.91. The first-order valence-corrected chi connectivity index (χ1v) is 4.99. The summed E-state index contributed by atoms with van der Waals surface area (Å²) in [6.45, 7) is 4.11. The fourth-order valence-electron chi connectivity index (χ4n) is 1.81. The summed E-state index contributed by atoms with van der Waals surface area (Å²) in [4.78, 5) is 0. The van der Waals surface area contributed by atoms with E-state index in [1.165, 1.54) is 12.8 Å². The molecule has 2 N–H and O–H groups in total. The van der Waals surface area contributed by atoms with Crippen LogP contribution in [0.2, 0.25) is 5.02 Å². The molecule has 0 aliphatic heterocycles. The fourth-order valence-corrected chi connectivity index (χ4v) is 1.93. The van der Waals surface area contributed by atoms with Crippen molar-refractivity contribution in [2.45, 2.75) is 32.7 Å². The van der Waals surface area contributed by atoms with Crippen molar-refractivity contribution in [1.29, 1.82) is 0 Å². The smallest absolute Gasteiger partial charge is 0.141 e. The van der Waals surface area contributed by atoms with Gasteiger partial charge in [0.1, 0.15) is 10.8 Å². The van der Waals surface area contributed by atoms with E-state index in [2.05, 4.69) is 12.0 Å². The molecule has 1 aliphatic rings. The maximum atomic E-state index is 5.96. The molecule has 0 saturated heterocycles. The minimum atomic E-state index is 0.464. The van der Waals surface area contributed by atoms with E-state index in [9.17, 15) is 0 Å². The van der Waals surface area contributed by atoms with Gasteiger partial charge >= 0.3 is 0 Å². The van der Waals surface area contributed by atoms with Gasteiger partial charge in [0.05, 0.1) is 11.7 Å². The Kier molecular flexibility index (Phi) is 1.99. The molecular formula is C9H14ClN3. The first-order valence-electron chi connectivity index (χ1n) is 4.61. The van der Waals surface area contributed by atoms with Gasteiger partial charge in [-0.1, -0.05) is 18.5 Å². The predicted octanol–water partition coefficient (Wildman–Crippen LogP) is 2.40. The monoisotopic (exact) mass is 199 g/mol. The quantitative estimate of drug-likeness (QED) is 0.755. The number of halogens is 1. The van der Waals surface area contributed by atoms with Crippen molar-refractivity contribution in [3.8, 4) is 0 Å². The summed E-state index contributed by atoms with van der Waals surface area (Å²) in [5.41, 5.74) is 6.68. The largest absolute Gasteiger partial charge is 0.383 e. The third-order valence-corrected chi connectivity index (χ3v) is 3.40. The van der Waals surface area contributed by atoms with Crippen molar-refractivity contribution >= 4 is 17.4 Å². The van der Waals surface area contributed by atoms with Crippen LogP contribution in [0.25, 0.3) is 0 Å². The zero-order valence-corrected chi connectivity index (χ0v) is 8.67. The van der Waals surface area contributed by atoms with Crippen LogP contribution >= 0.6 is 11.6 Å². The van der Waals surface area contributed by atoms with Crippen LogP contribution in [-0.4, -0.2) is 9.78 Å². The molecule has 3 nitrogen and oxygen atoms in total. The van der Waals surface area contributed by atoms with Gasteiger partial charge < -0.3 is 5.73 Å². The Bertz CT molecular complexity index is 332. The Hall–Kier alpha value is -0.700. The third-order valence-electron chi connectivity index (χ3n) is 2.94. The molecule has 1 heterocycles. The normalized spacial score (nSPS) is 27.3. The number of aromatic nitrogens is 2. The Morgan fingerprint density at radius 1 is 1.54 bits per heavy atom. The maximum absolute atomic E-state index is 5.96. The highest BCUT2D eigenvalue weighted by atomic mass is 35.5. The molecule has 4 heteroatoms. The Morgan fingerprint density at radius 2 is 2.23 bits per heavy atom. The van der Waals surface area contributed by atoms with Crippen LogP contribution in [0, 0.1) is 12.8 Å². The lowest BCUT2D eigenvalue weighted by Gasteiger charge is -2.34. The first kappa shape index (κ1) is 8.88. The first-order chi connectivity index (χ1) is 6.11. The summed E-state index contributed by atoms with van der Waals surface area (Å²) in [5.74, 6) is 1.30. The third kappa shape index (κ3) is 1.22. The van der Waals surface area contributed by atoms with Gasteiger partial charge in [0, 0.05) is 0 Å². The molecule has 2 unspecified atom stereocenters. The van der Waals surface area contributed by atoms with Gasteiger partial charge in [0.15, 0.2) is 0 Å². The molecule has 13 heavy (non-hydrogen) atoms. The van der Waals surface area contributed by atoms with E-state index in [0.717, 1.165) is 5.69 Å². The van der Waals surface area contributed by atoms with Crippen molar-refractivity contribution in [1.82, 2.24) is 9.78 Å². The lowest BCUT2D eigenvalue weighted by molar-refractivity contribution is 0.187. The minimum Gasteiger partial charge on any atom is -0.383 e. The molecule has 2 atom stereocenters. The molecule has 0 radical (unpaired) electrons. The van der Waals surface area contributed by atoms with Crippen molar-refractivity contribution in [2.24, 2.45) is 5.92 Å². The standard InChI is InChI=1S/C9H14ClN3/c1-5-3-4-7(5)13-9(11)8(10)6(2)12-13/h5,7H,3-4,11H2,1-2H3. The van der Waals surface area contributed by atoms with Gasteiger partial charge in [-0.05, 0) is 25.7 Å². The number of nitrogen functional groups attached to an aromatic ring is 1. The molecule has 72 valence electrons. The highest BCUT2D eigenvalue weighted by Crippen LogP contribution is 2.40. The molecule has 0 aromatic carbocycles. The molecule has 0 bridgehead atoms. The molecule has 1 aromatic heterocycles. The van der Waals surface area contributed by atoms with E-state index in [1.54, 1.807) is 0 Å². The van der Waals surface area contributed by atoms with Gasteiger partial charge in [0.25, 0.3) is 0 Å². The maximum Gasteiger partial charge on any atom is 0.141 e. The van der Waals surface area contributed by atoms with Gasteiger partial charge in [-0.15, -0.1) is 0 Å². The molecule has 0 amide bonds. The van der Waals surface area contributed by atoms with Gasteiger partial charge in [-0.25, -0.2) is 4.68 Å². The van der Waals surface area contributed by atoms with Gasteiger partial charge in [-0.3, -0.25) is 0 Å². The van der Waals surface area contributed by atoms with E-state index in [1.807, 2.05) is 11.6 Å². The summed E-state index contributed by atoms with van der Waals surface area (Å²) in [6.07, 6.45) is 2.43. The molecule has 1 fully saturated rings. The Balaban J connectivity index is 2.35. The van der Waals surface area contributed by atoms with E-state index in [0.29, 0.717) is 22.8 Å². The summed E-state index contributed by atoms with van der Waals surface area (Å²) in [7, 11) is 0. The topological polar surface area (TPSA) is 43.8 Å². The van der Waals surface area contributed by atoms with Crippen LogP contribution < -0.4 is 5.73 Å². The number of aryl methyl sites for hydroxylation is 1. The second-order valence-electron chi connectivity index (χ2n) is 3.85.